The number of pyridine rings is 1. The molecule has 6 nitrogen and oxygen atoms in total. The number of thiazole rings is 1. The minimum atomic E-state index is -0.979. The van der Waals surface area contributed by atoms with Crippen LogP contribution in [0.25, 0.3) is 33.1 Å². The van der Waals surface area contributed by atoms with Crippen LogP contribution in [0.4, 0.5) is 0 Å². The van der Waals surface area contributed by atoms with Crippen molar-refractivity contribution in [3.8, 4) is 11.1 Å². The summed E-state index contributed by atoms with van der Waals surface area (Å²) in [5.74, 6) is 0.764. The Kier molecular flexibility index (Phi) is 5.28. The Morgan fingerprint density at radius 1 is 1.00 bits per heavy atom. The molecule has 0 saturated heterocycles. The van der Waals surface area contributed by atoms with Crippen LogP contribution >= 0.6 is 11.3 Å². The van der Waals surface area contributed by atoms with Crippen molar-refractivity contribution >= 4 is 33.3 Å². The third kappa shape index (κ3) is 3.63. The molecule has 4 heterocycles. The molecular formula is C29H26N4O2S. The topological polar surface area (TPSA) is 77.0 Å². The molecule has 4 aromatic heterocycles. The highest BCUT2D eigenvalue weighted by atomic mass is 32.1. The molecule has 0 bridgehead atoms. The lowest BCUT2D eigenvalue weighted by Gasteiger charge is -2.22. The van der Waals surface area contributed by atoms with E-state index >= 15 is 0 Å². The highest BCUT2D eigenvalue weighted by Crippen LogP contribution is 2.40. The monoisotopic (exact) mass is 494 g/mol. The largest absolute Gasteiger partial charge is 0.386 e. The van der Waals surface area contributed by atoms with Gasteiger partial charge in [-0.25, -0.2) is 4.98 Å². The summed E-state index contributed by atoms with van der Waals surface area (Å²) in [6.45, 7) is 7.49. The number of aryl methyl sites for hydroxylation is 2. The molecule has 2 aromatic carbocycles. The van der Waals surface area contributed by atoms with Gasteiger partial charge in [-0.15, -0.1) is 11.3 Å². The summed E-state index contributed by atoms with van der Waals surface area (Å²) in [6.07, 6.45) is 1.89. The van der Waals surface area contributed by atoms with E-state index in [1.54, 1.807) is 11.3 Å². The fourth-order valence-electron chi connectivity index (χ4n) is 5.04. The summed E-state index contributed by atoms with van der Waals surface area (Å²) in [7, 11) is 0. The van der Waals surface area contributed by atoms with Gasteiger partial charge in [0.1, 0.15) is 11.8 Å². The zero-order valence-corrected chi connectivity index (χ0v) is 21.4. The molecule has 0 aliphatic heterocycles. The van der Waals surface area contributed by atoms with Gasteiger partial charge in [-0.3, -0.25) is 4.98 Å². The Balaban J connectivity index is 1.74. The molecule has 1 unspecified atom stereocenters. The van der Waals surface area contributed by atoms with Crippen molar-refractivity contribution < 1.29 is 9.63 Å². The third-order valence-corrected chi connectivity index (χ3v) is 7.38. The SMILES string of the molecule is Cc1noc(C)c1-c1cnc2c3ccc(C(C)(C)O)cc3n(C(c3ccccc3)c3cscn3)c2c1. The van der Waals surface area contributed by atoms with Gasteiger partial charge in [0, 0.05) is 28.1 Å². The first-order valence-corrected chi connectivity index (χ1v) is 12.8. The molecule has 0 aliphatic rings. The van der Waals surface area contributed by atoms with E-state index < -0.39 is 5.60 Å². The van der Waals surface area contributed by atoms with Crippen molar-refractivity contribution in [3.63, 3.8) is 0 Å². The normalized spacial score (nSPS) is 13.0. The molecule has 36 heavy (non-hydrogen) atoms. The van der Waals surface area contributed by atoms with Crippen LogP contribution in [0.2, 0.25) is 0 Å². The maximum Gasteiger partial charge on any atom is 0.141 e. The third-order valence-electron chi connectivity index (χ3n) is 6.77. The second kappa shape index (κ2) is 8.40. The predicted octanol–water partition coefficient (Wildman–Crippen LogP) is 6.78. The average molecular weight is 495 g/mol. The number of fused-ring (bicyclic) bond motifs is 3. The Morgan fingerprint density at radius 3 is 2.47 bits per heavy atom. The van der Waals surface area contributed by atoms with Gasteiger partial charge < -0.3 is 14.2 Å². The van der Waals surface area contributed by atoms with Crippen LogP contribution < -0.4 is 0 Å². The van der Waals surface area contributed by atoms with Gasteiger partial charge >= 0.3 is 0 Å². The Bertz CT molecular complexity index is 1670. The molecule has 0 radical (unpaired) electrons. The van der Waals surface area contributed by atoms with E-state index in [1.807, 2.05) is 51.5 Å². The molecule has 180 valence electrons. The molecule has 1 N–H and O–H groups in total. The maximum absolute atomic E-state index is 10.8. The molecule has 0 saturated carbocycles. The van der Waals surface area contributed by atoms with Crippen LogP contribution in [0.5, 0.6) is 0 Å². The maximum atomic E-state index is 10.8. The fraction of sp³-hybridized carbons (Fsp3) is 0.207. The van der Waals surface area contributed by atoms with Gasteiger partial charge in [0.25, 0.3) is 0 Å². The Labute approximate surface area is 212 Å². The molecular weight excluding hydrogens is 468 g/mol. The number of rotatable bonds is 5. The molecule has 0 spiro atoms. The lowest BCUT2D eigenvalue weighted by Crippen LogP contribution is -2.16. The summed E-state index contributed by atoms with van der Waals surface area (Å²) < 4.78 is 7.76. The van der Waals surface area contributed by atoms with E-state index in [2.05, 4.69) is 57.6 Å². The van der Waals surface area contributed by atoms with Crippen molar-refractivity contribution in [3.05, 3.63) is 100.0 Å². The first-order chi connectivity index (χ1) is 17.3. The lowest BCUT2D eigenvalue weighted by molar-refractivity contribution is 0.0787. The minimum absolute atomic E-state index is 0.170. The molecule has 0 aliphatic carbocycles. The Hall–Kier alpha value is -3.81. The van der Waals surface area contributed by atoms with Gasteiger partial charge in [-0.2, -0.15) is 0 Å². The van der Waals surface area contributed by atoms with E-state index in [-0.39, 0.29) is 6.04 Å². The number of benzene rings is 2. The molecule has 0 amide bonds. The summed E-state index contributed by atoms with van der Waals surface area (Å²) in [4.78, 5) is 9.68. The van der Waals surface area contributed by atoms with Gasteiger partial charge in [0.15, 0.2) is 0 Å². The zero-order chi connectivity index (χ0) is 25.0. The molecule has 6 rings (SSSR count). The second-order valence-corrected chi connectivity index (χ2v) is 10.4. The van der Waals surface area contributed by atoms with Gasteiger partial charge in [-0.1, -0.05) is 47.6 Å². The van der Waals surface area contributed by atoms with Crippen molar-refractivity contribution in [1.29, 1.82) is 0 Å². The van der Waals surface area contributed by atoms with Gasteiger partial charge in [0.05, 0.1) is 39.0 Å². The van der Waals surface area contributed by atoms with E-state index in [4.69, 9.17) is 14.5 Å². The smallest absolute Gasteiger partial charge is 0.141 e. The van der Waals surface area contributed by atoms with Crippen LogP contribution in [-0.2, 0) is 5.60 Å². The van der Waals surface area contributed by atoms with Crippen LogP contribution in [0, 0.1) is 13.8 Å². The lowest BCUT2D eigenvalue weighted by atomic mass is 9.97. The molecule has 0 fully saturated rings. The van der Waals surface area contributed by atoms with Crippen LogP contribution in [-0.4, -0.2) is 24.8 Å². The van der Waals surface area contributed by atoms with Crippen molar-refractivity contribution in [2.45, 2.75) is 39.3 Å². The number of hydrogen-bond donors (Lipinski definition) is 1. The van der Waals surface area contributed by atoms with Gasteiger partial charge in [0.2, 0.25) is 0 Å². The summed E-state index contributed by atoms with van der Waals surface area (Å²) in [5, 5.41) is 18.1. The average Bonchev–Trinajstić information content (AvgIpc) is 3.58. The van der Waals surface area contributed by atoms with E-state index in [9.17, 15) is 5.11 Å². The van der Waals surface area contributed by atoms with Gasteiger partial charge in [-0.05, 0) is 51.0 Å². The first kappa shape index (κ1) is 22.6. The molecule has 6 aromatic rings. The molecule has 1 atom stereocenters. The van der Waals surface area contributed by atoms with Crippen molar-refractivity contribution in [1.82, 2.24) is 19.7 Å². The van der Waals surface area contributed by atoms with E-state index in [0.29, 0.717) is 0 Å². The standard InChI is InChI=1S/C29H26N4O2S/c1-17-26(18(2)35-32-17)20-12-25-27(30-14-20)22-11-10-21(29(3,4)34)13-24(22)33(25)28(23-15-36-16-31-23)19-8-6-5-7-9-19/h5-16,28,34H,1-4H3. The number of aliphatic hydroxyl groups is 1. The summed E-state index contributed by atoms with van der Waals surface area (Å²) in [5.41, 5.74) is 9.45. The summed E-state index contributed by atoms with van der Waals surface area (Å²) >= 11 is 1.58. The number of nitrogens with zero attached hydrogens (tertiary/aromatic N) is 4. The van der Waals surface area contributed by atoms with Crippen LogP contribution in [0.15, 0.2) is 76.2 Å². The zero-order valence-electron chi connectivity index (χ0n) is 20.6. The van der Waals surface area contributed by atoms with E-state index in [1.165, 1.54) is 0 Å². The first-order valence-electron chi connectivity index (χ1n) is 11.9. The second-order valence-electron chi connectivity index (χ2n) is 9.68. The highest BCUT2D eigenvalue weighted by molar-refractivity contribution is 7.07. The van der Waals surface area contributed by atoms with Crippen molar-refractivity contribution in [2.24, 2.45) is 0 Å². The molecule has 7 heteroatoms. The highest BCUT2D eigenvalue weighted by Gasteiger charge is 2.26. The number of hydrogen-bond acceptors (Lipinski definition) is 6. The van der Waals surface area contributed by atoms with Crippen LogP contribution in [0.3, 0.4) is 0 Å². The van der Waals surface area contributed by atoms with E-state index in [0.717, 1.165) is 61.3 Å². The number of aromatic nitrogens is 4. The van der Waals surface area contributed by atoms with Crippen molar-refractivity contribution in [2.75, 3.05) is 0 Å². The minimum Gasteiger partial charge on any atom is -0.386 e. The fourth-order valence-corrected chi connectivity index (χ4v) is 5.61. The summed E-state index contributed by atoms with van der Waals surface area (Å²) in [6, 6.07) is 18.5. The Morgan fingerprint density at radius 2 is 1.81 bits per heavy atom. The predicted molar refractivity (Wildman–Crippen MR) is 143 cm³/mol. The van der Waals surface area contributed by atoms with Crippen LogP contribution in [0.1, 0.15) is 48.2 Å². The quantitative estimate of drug-likeness (QED) is 0.286.